The van der Waals surface area contributed by atoms with Crippen molar-refractivity contribution in [1.82, 2.24) is 9.55 Å². The van der Waals surface area contributed by atoms with E-state index in [-0.39, 0.29) is 17.7 Å². The average Bonchev–Trinajstić information content (AvgIpc) is 3.35. The summed E-state index contributed by atoms with van der Waals surface area (Å²) in [7, 11) is -11.1. The van der Waals surface area contributed by atoms with Gasteiger partial charge in [-0.15, -0.1) is 0 Å². The third kappa shape index (κ3) is 8.34. The third-order valence-electron chi connectivity index (χ3n) is 7.93. The molecule has 3 heterocycles. The van der Waals surface area contributed by atoms with Crippen LogP contribution in [0.1, 0.15) is 31.6 Å². The molecule has 24 heteroatoms. The van der Waals surface area contributed by atoms with Gasteiger partial charge in [-0.05, 0) is 13.8 Å². The number of aliphatic imine (C=N–C) groups is 1. The Bertz CT molecular complexity index is 1540. The Kier molecular flexibility index (Phi) is 11.5. The van der Waals surface area contributed by atoms with Crippen LogP contribution in [0.25, 0.3) is 0 Å². The molecule has 0 spiro atoms. The number of rotatable bonds is 10. The van der Waals surface area contributed by atoms with Crippen molar-refractivity contribution in [3.8, 4) is 0 Å². The molecule has 3 aliphatic rings. The predicted molar refractivity (Wildman–Crippen MR) is 151 cm³/mol. The van der Waals surface area contributed by atoms with E-state index in [1.54, 1.807) is 0 Å². The number of aliphatic hydroxyl groups excluding tert-OH is 7. The number of ether oxygens (including phenoxy) is 2. The molecule has 0 bridgehead atoms. The Morgan fingerprint density at radius 2 is 1.72 bits per heavy atom. The zero-order valence-electron chi connectivity index (χ0n) is 24.7. The van der Waals surface area contributed by atoms with E-state index in [9.17, 15) is 69.4 Å². The van der Waals surface area contributed by atoms with E-state index >= 15 is 0 Å². The van der Waals surface area contributed by atoms with Crippen molar-refractivity contribution in [2.45, 2.75) is 99.7 Å². The molecule has 0 radical (unpaired) electrons. The molecule has 1 aliphatic carbocycles. The second-order valence-electron chi connectivity index (χ2n) is 11.5. The first kappa shape index (κ1) is 38.0. The molecule has 0 aromatic carbocycles. The molecule has 3 fully saturated rings. The number of phosphoric acid groups is 2. The Balaban J connectivity index is 1.36. The summed E-state index contributed by atoms with van der Waals surface area (Å²) >= 11 is 0. The van der Waals surface area contributed by atoms with Gasteiger partial charge in [0.25, 0.3) is 5.56 Å². The lowest BCUT2D eigenvalue weighted by molar-refractivity contribution is -0.242. The van der Waals surface area contributed by atoms with Crippen molar-refractivity contribution in [3.63, 3.8) is 0 Å². The number of aromatic amines is 1. The number of H-pyrrole nitrogens is 1. The first-order valence-corrected chi connectivity index (χ1v) is 17.0. The minimum Gasteiger partial charge on any atom is -0.393 e. The molecule has 11 N–H and O–H groups in total. The highest BCUT2D eigenvalue weighted by Gasteiger charge is 2.52. The van der Waals surface area contributed by atoms with Crippen LogP contribution in [0.5, 0.6) is 0 Å². The molecule has 2 aliphatic heterocycles. The smallest absolute Gasteiger partial charge is 0.393 e. The quantitative estimate of drug-likeness (QED) is 0.101. The monoisotopic (exact) mass is 721 g/mol. The molecule has 47 heavy (non-hydrogen) atoms. The minimum absolute atomic E-state index is 0.159. The van der Waals surface area contributed by atoms with Gasteiger partial charge in [-0.1, -0.05) is 0 Å². The lowest BCUT2D eigenvalue weighted by Gasteiger charge is -2.43. The maximum atomic E-state index is 12.6. The molecular formula is C23H37N3O19P2. The van der Waals surface area contributed by atoms with Gasteiger partial charge in [0.2, 0.25) is 0 Å². The number of phosphoric ester groups is 2. The van der Waals surface area contributed by atoms with E-state index in [1.807, 2.05) is 0 Å². The van der Waals surface area contributed by atoms with Gasteiger partial charge in [0.1, 0.15) is 54.5 Å². The maximum Gasteiger partial charge on any atom is 0.483 e. The molecule has 14 atom stereocenters. The fourth-order valence-corrected chi connectivity index (χ4v) is 7.42. The van der Waals surface area contributed by atoms with Gasteiger partial charge in [0.05, 0.1) is 25.4 Å². The van der Waals surface area contributed by atoms with E-state index < -0.39 is 120 Å². The molecule has 1 aromatic rings. The van der Waals surface area contributed by atoms with Crippen LogP contribution in [0.2, 0.25) is 0 Å². The predicted octanol–water partition coefficient (Wildman–Crippen LogP) is -4.77. The van der Waals surface area contributed by atoms with Gasteiger partial charge in [-0.2, -0.15) is 4.31 Å². The molecular weight excluding hydrogens is 684 g/mol. The molecule has 1 saturated carbocycles. The molecule has 268 valence electrons. The van der Waals surface area contributed by atoms with Gasteiger partial charge in [0, 0.05) is 30.3 Å². The Hall–Kier alpha value is -1.79. The van der Waals surface area contributed by atoms with Gasteiger partial charge in [-0.25, -0.2) is 13.9 Å². The van der Waals surface area contributed by atoms with Crippen molar-refractivity contribution in [2.24, 2.45) is 4.99 Å². The van der Waals surface area contributed by atoms with Gasteiger partial charge in [-0.3, -0.25) is 28.4 Å². The number of hydrogen-bond donors (Lipinski definition) is 11. The average molecular weight is 721 g/mol. The fraction of sp³-hybridized carbons (Fsp3) is 0.783. The summed E-state index contributed by atoms with van der Waals surface area (Å²) in [5, 5.41) is 81.7. The molecule has 4 rings (SSSR count). The largest absolute Gasteiger partial charge is 0.483 e. The van der Waals surface area contributed by atoms with E-state index in [0.29, 0.717) is 0 Å². The van der Waals surface area contributed by atoms with Crippen LogP contribution in [0, 0.1) is 6.92 Å². The zero-order valence-corrected chi connectivity index (χ0v) is 26.5. The summed E-state index contributed by atoms with van der Waals surface area (Å²) in [4.78, 5) is 49.9. The zero-order chi connectivity index (χ0) is 35.2. The first-order chi connectivity index (χ1) is 21.7. The molecule has 22 nitrogen and oxygen atoms in total. The van der Waals surface area contributed by atoms with Gasteiger partial charge in [0.15, 0.2) is 6.29 Å². The number of aromatic nitrogens is 2. The van der Waals surface area contributed by atoms with Crippen LogP contribution < -0.4 is 11.2 Å². The third-order valence-corrected chi connectivity index (χ3v) is 10.5. The van der Waals surface area contributed by atoms with Crippen molar-refractivity contribution < 1.29 is 82.6 Å². The topological polar surface area (TPSA) is 350 Å². The summed E-state index contributed by atoms with van der Waals surface area (Å²) in [6, 6.07) is -1.47. The first-order valence-electron chi connectivity index (χ1n) is 14.0. The van der Waals surface area contributed by atoms with E-state index in [0.717, 1.165) is 4.57 Å². The molecule has 1 aromatic heterocycles. The molecule has 2 unspecified atom stereocenters. The lowest BCUT2D eigenvalue weighted by Crippen LogP contribution is -2.63. The van der Waals surface area contributed by atoms with Crippen molar-refractivity contribution in [3.05, 3.63) is 32.6 Å². The highest BCUT2D eigenvalue weighted by Crippen LogP contribution is 2.61. The Morgan fingerprint density at radius 1 is 1.06 bits per heavy atom. The normalized spacial score (nSPS) is 41.4. The summed E-state index contributed by atoms with van der Waals surface area (Å²) in [5.41, 5.74) is -4.02. The highest BCUT2D eigenvalue weighted by atomic mass is 31.3. The van der Waals surface area contributed by atoms with Crippen LogP contribution in [0.4, 0.5) is 0 Å². The SMILES string of the molecule is Cc1cn([C@H]2C[C@H](O)[C@@H](COP(=O)(O)OP(=O)(O)O[C@H]3O[C@H](C)[C@@H](N=C4C[C@@](O)(CO)[C@@H](O)[C@H](O)[C@@H]4O)[C@H](O)[C@H]3O)O2)c(=O)[nH]c1=O. The molecule has 0 amide bonds. The van der Waals surface area contributed by atoms with Crippen LogP contribution >= 0.6 is 15.6 Å². The Morgan fingerprint density at radius 3 is 2.36 bits per heavy atom. The molecule has 2 saturated heterocycles. The standard InChI is InChI=1S/C23H37N3O19P2/c1-8-5-26(22(35)25-20(8)34)13-3-11(28)12(43-13)6-41-46(37,38)45-47(39,40)44-21-18(32)16(30)14(9(2)42-21)24-10-4-23(36,7-27)19(33)17(31)15(10)29/h5,9,11-19,21,27-33,36H,3-4,6-7H2,1-2H3,(H,37,38)(H,39,40)(H,25,34,35)/t9-,11+,12-,13-,14-,15-,16+,17-,18-,19+,21-,23-/m1/s1. The second-order valence-corrected chi connectivity index (χ2v) is 14.4. The van der Waals surface area contributed by atoms with E-state index in [1.165, 1.54) is 20.0 Å². The number of aliphatic hydroxyl groups is 8. The number of nitrogens with one attached hydrogen (secondary N) is 1. The highest BCUT2D eigenvalue weighted by molar-refractivity contribution is 7.61. The number of aryl methyl sites for hydroxylation is 1. The van der Waals surface area contributed by atoms with Crippen LogP contribution in [-0.2, 0) is 32.0 Å². The Labute approximate surface area is 264 Å². The number of nitrogens with zero attached hydrogens (tertiary/aromatic N) is 2. The van der Waals surface area contributed by atoms with E-state index in [4.69, 9.17) is 9.47 Å². The summed E-state index contributed by atoms with van der Waals surface area (Å²) in [6.07, 6.45) is -16.9. The van der Waals surface area contributed by atoms with Crippen molar-refractivity contribution in [1.29, 1.82) is 0 Å². The fourth-order valence-electron chi connectivity index (χ4n) is 5.26. The minimum atomic E-state index is -5.64. The maximum absolute atomic E-state index is 12.6. The van der Waals surface area contributed by atoms with Crippen LogP contribution in [-0.4, -0.2) is 146 Å². The second kappa shape index (κ2) is 14.2. The van der Waals surface area contributed by atoms with Crippen molar-refractivity contribution >= 4 is 21.4 Å². The summed E-state index contributed by atoms with van der Waals surface area (Å²) in [5.74, 6) is 0. The van der Waals surface area contributed by atoms with Gasteiger partial charge >= 0.3 is 21.3 Å². The van der Waals surface area contributed by atoms with Gasteiger partial charge < -0.3 is 60.1 Å². The summed E-state index contributed by atoms with van der Waals surface area (Å²) < 4.78 is 50.3. The van der Waals surface area contributed by atoms with Crippen LogP contribution in [0.15, 0.2) is 20.8 Å². The summed E-state index contributed by atoms with van der Waals surface area (Å²) in [6.45, 7) is 0.726. The number of hydrogen-bond acceptors (Lipinski definition) is 18. The van der Waals surface area contributed by atoms with E-state index in [2.05, 4.69) is 23.3 Å². The van der Waals surface area contributed by atoms with Crippen molar-refractivity contribution in [2.75, 3.05) is 13.2 Å². The lowest BCUT2D eigenvalue weighted by atomic mass is 9.78. The van der Waals surface area contributed by atoms with Crippen LogP contribution in [0.3, 0.4) is 0 Å².